The van der Waals surface area contributed by atoms with Gasteiger partial charge < -0.3 is 10.4 Å². The van der Waals surface area contributed by atoms with Gasteiger partial charge in [0, 0.05) is 12.1 Å². The second-order valence-electron chi connectivity index (χ2n) is 5.83. The van der Waals surface area contributed by atoms with Gasteiger partial charge in [0.15, 0.2) is 0 Å². The molecule has 0 aliphatic rings. The first-order valence-electron chi connectivity index (χ1n) is 8.07. The maximum atomic E-state index is 12.5. The van der Waals surface area contributed by atoms with Gasteiger partial charge >= 0.3 is 0 Å². The molecule has 2 aromatic carbocycles. The Hall–Kier alpha value is -2.99. The first-order valence-corrected chi connectivity index (χ1v) is 8.07. The minimum atomic E-state index is -0.743. The number of nitrogens with zero attached hydrogens (tertiary/aromatic N) is 3. The molecule has 25 heavy (non-hydrogen) atoms. The molecule has 3 rings (SSSR count). The summed E-state index contributed by atoms with van der Waals surface area (Å²) in [7, 11) is 0. The highest BCUT2D eigenvalue weighted by Gasteiger charge is 2.15. The average Bonchev–Trinajstić information content (AvgIpc) is 3.13. The smallest absolute Gasteiger partial charge is 0.251 e. The van der Waals surface area contributed by atoms with Gasteiger partial charge in [-0.05, 0) is 29.7 Å². The largest absolute Gasteiger partial charge is 0.387 e. The van der Waals surface area contributed by atoms with E-state index in [2.05, 4.69) is 15.4 Å². The van der Waals surface area contributed by atoms with Gasteiger partial charge in [0.1, 0.15) is 12.7 Å². The summed E-state index contributed by atoms with van der Waals surface area (Å²) in [4.78, 5) is 16.5. The van der Waals surface area contributed by atoms with Crippen LogP contribution in [0.25, 0.3) is 0 Å². The zero-order valence-corrected chi connectivity index (χ0v) is 14.0. The van der Waals surface area contributed by atoms with Gasteiger partial charge in [0.2, 0.25) is 0 Å². The molecule has 1 unspecified atom stereocenters. The number of aryl methyl sites for hydroxylation is 1. The van der Waals surface area contributed by atoms with E-state index in [9.17, 15) is 9.90 Å². The van der Waals surface area contributed by atoms with Crippen molar-refractivity contribution in [3.05, 3.63) is 83.4 Å². The Morgan fingerprint density at radius 3 is 2.72 bits per heavy atom. The fourth-order valence-electron chi connectivity index (χ4n) is 2.72. The molecule has 0 saturated carbocycles. The molecular weight excluding hydrogens is 316 g/mol. The van der Waals surface area contributed by atoms with Crippen molar-refractivity contribution in [2.75, 3.05) is 6.54 Å². The normalized spacial score (nSPS) is 11.9. The van der Waals surface area contributed by atoms with E-state index >= 15 is 0 Å². The third-order valence-electron chi connectivity index (χ3n) is 4.06. The van der Waals surface area contributed by atoms with Crippen LogP contribution >= 0.6 is 0 Å². The zero-order chi connectivity index (χ0) is 17.6. The Labute approximate surface area is 146 Å². The fraction of sp³-hybridized carbons (Fsp3) is 0.211. The van der Waals surface area contributed by atoms with E-state index in [1.54, 1.807) is 17.1 Å². The predicted octanol–water partition coefficient (Wildman–Crippen LogP) is 2.10. The van der Waals surface area contributed by atoms with Gasteiger partial charge in [-0.3, -0.25) is 4.79 Å². The van der Waals surface area contributed by atoms with Crippen LogP contribution in [-0.4, -0.2) is 32.3 Å². The quantitative estimate of drug-likeness (QED) is 0.722. The molecule has 6 heteroatoms. The van der Waals surface area contributed by atoms with E-state index in [0.717, 1.165) is 16.7 Å². The summed E-state index contributed by atoms with van der Waals surface area (Å²) in [5.74, 6) is -0.219. The van der Waals surface area contributed by atoms with Crippen LogP contribution in [-0.2, 0) is 6.54 Å². The minimum Gasteiger partial charge on any atom is -0.387 e. The standard InChI is InChI=1S/C19H20N4O2/c1-14-6-2-4-8-16(14)18(24)10-21-19(25)17-9-5-3-7-15(17)11-23-13-20-12-22-23/h2-9,12-13,18,24H,10-11H2,1H3,(H,21,25). The number of carbonyl (C=O) groups is 1. The number of benzene rings is 2. The molecule has 0 fully saturated rings. The van der Waals surface area contributed by atoms with E-state index in [0.29, 0.717) is 12.1 Å². The van der Waals surface area contributed by atoms with Crippen molar-refractivity contribution in [1.82, 2.24) is 20.1 Å². The molecule has 0 saturated heterocycles. The second kappa shape index (κ2) is 7.72. The highest BCUT2D eigenvalue weighted by Crippen LogP contribution is 2.17. The number of rotatable bonds is 6. The number of aromatic nitrogens is 3. The molecule has 2 N–H and O–H groups in total. The van der Waals surface area contributed by atoms with Gasteiger partial charge in [-0.15, -0.1) is 0 Å². The van der Waals surface area contributed by atoms with Crippen molar-refractivity contribution in [3.63, 3.8) is 0 Å². The summed E-state index contributed by atoms with van der Waals surface area (Å²) in [6.45, 7) is 2.55. The molecule has 128 valence electrons. The molecule has 0 aliphatic heterocycles. The van der Waals surface area contributed by atoms with E-state index < -0.39 is 6.10 Å². The third kappa shape index (κ3) is 4.10. The molecule has 0 bridgehead atoms. The molecule has 1 atom stereocenters. The van der Waals surface area contributed by atoms with Crippen LogP contribution in [0.15, 0.2) is 61.2 Å². The van der Waals surface area contributed by atoms with Gasteiger partial charge in [0.05, 0.1) is 12.6 Å². The number of hydrogen-bond donors (Lipinski definition) is 2. The van der Waals surface area contributed by atoms with Crippen molar-refractivity contribution in [1.29, 1.82) is 0 Å². The average molecular weight is 336 g/mol. The predicted molar refractivity (Wildman–Crippen MR) is 94.0 cm³/mol. The highest BCUT2D eigenvalue weighted by atomic mass is 16.3. The number of carbonyl (C=O) groups excluding carboxylic acids is 1. The molecule has 6 nitrogen and oxygen atoms in total. The SMILES string of the molecule is Cc1ccccc1C(O)CNC(=O)c1ccccc1Cn1cncn1. The lowest BCUT2D eigenvalue weighted by Gasteiger charge is -2.15. The fourth-order valence-corrected chi connectivity index (χ4v) is 2.72. The van der Waals surface area contributed by atoms with Crippen LogP contribution in [0.2, 0.25) is 0 Å². The van der Waals surface area contributed by atoms with Crippen molar-refractivity contribution in [2.24, 2.45) is 0 Å². The van der Waals surface area contributed by atoms with Gasteiger partial charge in [-0.1, -0.05) is 42.5 Å². The topological polar surface area (TPSA) is 80.0 Å². The summed E-state index contributed by atoms with van der Waals surface area (Å²) in [5.41, 5.74) is 3.22. The summed E-state index contributed by atoms with van der Waals surface area (Å²) in [6, 6.07) is 14.9. The first-order chi connectivity index (χ1) is 12.1. The van der Waals surface area contributed by atoms with Gasteiger partial charge in [-0.25, -0.2) is 9.67 Å². The molecule has 1 aromatic heterocycles. The van der Waals surface area contributed by atoms with E-state index in [4.69, 9.17) is 0 Å². The number of nitrogens with one attached hydrogen (secondary N) is 1. The Bertz CT molecular complexity index is 846. The molecule has 0 radical (unpaired) electrons. The Morgan fingerprint density at radius 1 is 1.20 bits per heavy atom. The lowest BCUT2D eigenvalue weighted by atomic mass is 10.0. The molecule has 1 heterocycles. The minimum absolute atomic E-state index is 0.154. The van der Waals surface area contributed by atoms with Crippen molar-refractivity contribution >= 4 is 5.91 Å². The van der Waals surface area contributed by atoms with E-state index in [1.807, 2.05) is 49.4 Å². The van der Waals surface area contributed by atoms with E-state index in [-0.39, 0.29) is 12.5 Å². The number of aliphatic hydroxyl groups is 1. The summed E-state index contributed by atoms with van der Waals surface area (Å²) in [5, 5.41) is 17.2. The molecule has 0 aliphatic carbocycles. The summed E-state index contributed by atoms with van der Waals surface area (Å²) in [6.07, 6.45) is 2.32. The Kier molecular flexibility index (Phi) is 5.20. The maximum absolute atomic E-state index is 12.5. The third-order valence-corrected chi connectivity index (χ3v) is 4.06. The molecule has 0 spiro atoms. The van der Waals surface area contributed by atoms with Gasteiger partial charge in [0.25, 0.3) is 5.91 Å². The van der Waals surface area contributed by atoms with Crippen LogP contribution in [0.4, 0.5) is 0 Å². The van der Waals surface area contributed by atoms with Crippen LogP contribution in [0.3, 0.4) is 0 Å². The first kappa shape index (κ1) is 16.9. The van der Waals surface area contributed by atoms with Crippen LogP contribution < -0.4 is 5.32 Å². The lowest BCUT2D eigenvalue weighted by molar-refractivity contribution is 0.0915. The number of aliphatic hydroxyl groups excluding tert-OH is 1. The second-order valence-corrected chi connectivity index (χ2v) is 5.83. The number of hydrogen-bond acceptors (Lipinski definition) is 4. The zero-order valence-electron chi connectivity index (χ0n) is 14.0. The van der Waals surface area contributed by atoms with Crippen LogP contribution in [0.1, 0.15) is 33.2 Å². The Balaban J connectivity index is 1.68. The van der Waals surface area contributed by atoms with Gasteiger partial charge in [-0.2, -0.15) is 5.10 Å². The lowest BCUT2D eigenvalue weighted by Crippen LogP contribution is -2.29. The van der Waals surface area contributed by atoms with Crippen molar-refractivity contribution in [2.45, 2.75) is 19.6 Å². The Morgan fingerprint density at radius 2 is 1.96 bits per heavy atom. The monoisotopic (exact) mass is 336 g/mol. The molecule has 1 amide bonds. The molecule has 3 aromatic rings. The highest BCUT2D eigenvalue weighted by molar-refractivity contribution is 5.95. The van der Waals surface area contributed by atoms with Crippen LogP contribution in [0, 0.1) is 6.92 Å². The summed E-state index contributed by atoms with van der Waals surface area (Å²) >= 11 is 0. The van der Waals surface area contributed by atoms with Crippen molar-refractivity contribution in [3.8, 4) is 0 Å². The maximum Gasteiger partial charge on any atom is 0.251 e. The van der Waals surface area contributed by atoms with E-state index in [1.165, 1.54) is 6.33 Å². The van der Waals surface area contributed by atoms with Crippen molar-refractivity contribution < 1.29 is 9.90 Å². The van der Waals surface area contributed by atoms with Crippen LogP contribution in [0.5, 0.6) is 0 Å². The summed E-state index contributed by atoms with van der Waals surface area (Å²) < 4.78 is 1.66. The molecular formula is C19H20N4O2. The number of amides is 1.